The molecule has 0 bridgehead atoms. The van der Waals surface area contributed by atoms with Crippen LogP contribution in [0, 0.1) is 11.5 Å². The molecule has 1 N–H and O–H groups in total. The zero-order chi connectivity index (χ0) is 11.2. The highest BCUT2D eigenvalue weighted by atomic mass is 28.3. The normalized spacial score (nSPS) is 16.1. The molecular formula is C11H20O2Si. The molecule has 0 aromatic rings. The Morgan fingerprint density at radius 2 is 1.93 bits per heavy atom. The molecule has 0 amide bonds. The number of rotatable bonds is 3. The van der Waals surface area contributed by atoms with Gasteiger partial charge in [0.1, 0.15) is 20.3 Å². The van der Waals surface area contributed by atoms with E-state index in [0.29, 0.717) is 0 Å². The standard InChI is InChI=1S/C11H20O2Si/c1-6-7-10(12)11(13-2)8-9-14(3,4)5/h6-7,10-12H,1-5H3/b7-6+/t10-,11+/m1/s1. The van der Waals surface area contributed by atoms with E-state index >= 15 is 0 Å². The lowest BCUT2D eigenvalue weighted by Gasteiger charge is -2.13. The third kappa shape index (κ3) is 5.98. The first kappa shape index (κ1) is 13.4. The second-order valence-corrected chi connectivity index (χ2v) is 8.94. The molecule has 0 aromatic carbocycles. The molecule has 0 rings (SSSR count). The van der Waals surface area contributed by atoms with Crippen molar-refractivity contribution in [2.45, 2.75) is 38.8 Å². The second kappa shape index (κ2) is 6.02. The molecule has 0 spiro atoms. The first-order chi connectivity index (χ1) is 6.40. The van der Waals surface area contributed by atoms with Gasteiger partial charge in [-0.3, -0.25) is 0 Å². The highest BCUT2D eigenvalue weighted by Gasteiger charge is 2.14. The van der Waals surface area contributed by atoms with Gasteiger partial charge in [-0.05, 0) is 6.92 Å². The van der Waals surface area contributed by atoms with Crippen LogP contribution in [0.3, 0.4) is 0 Å². The van der Waals surface area contributed by atoms with E-state index in [2.05, 4.69) is 31.1 Å². The van der Waals surface area contributed by atoms with Crippen LogP contribution >= 0.6 is 0 Å². The van der Waals surface area contributed by atoms with Crippen molar-refractivity contribution in [1.82, 2.24) is 0 Å². The predicted octanol–water partition coefficient (Wildman–Crippen LogP) is 1.82. The van der Waals surface area contributed by atoms with Crippen molar-refractivity contribution in [3.63, 3.8) is 0 Å². The summed E-state index contributed by atoms with van der Waals surface area (Å²) in [6, 6.07) is 0. The van der Waals surface area contributed by atoms with Gasteiger partial charge in [0, 0.05) is 7.11 Å². The molecular weight excluding hydrogens is 192 g/mol. The van der Waals surface area contributed by atoms with Gasteiger partial charge in [-0.25, -0.2) is 0 Å². The van der Waals surface area contributed by atoms with Crippen molar-refractivity contribution < 1.29 is 9.84 Å². The van der Waals surface area contributed by atoms with Crippen LogP contribution in [0.25, 0.3) is 0 Å². The Hall–Kier alpha value is -0.563. The van der Waals surface area contributed by atoms with Crippen LogP contribution < -0.4 is 0 Å². The molecule has 0 heterocycles. The maximum Gasteiger partial charge on any atom is 0.146 e. The third-order valence-electron chi connectivity index (χ3n) is 1.54. The number of aliphatic hydroxyl groups is 1. The maximum absolute atomic E-state index is 9.61. The summed E-state index contributed by atoms with van der Waals surface area (Å²) in [7, 11) is 0.184. The molecule has 0 saturated heterocycles. The van der Waals surface area contributed by atoms with Crippen LogP contribution in [-0.4, -0.2) is 32.5 Å². The minimum absolute atomic E-state index is 0.405. The van der Waals surface area contributed by atoms with E-state index in [1.54, 1.807) is 19.3 Å². The number of hydrogen-bond acceptors (Lipinski definition) is 2. The molecule has 0 aliphatic rings. The van der Waals surface area contributed by atoms with Crippen LogP contribution in [0.2, 0.25) is 19.6 Å². The molecule has 0 aliphatic heterocycles. The van der Waals surface area contributed by atoms with E-state index in [4.69, 9.17) is 4.74 Å². The Bertz CT molecular complexity index is 242. The Labute approximate surface area is 88.0 Å². The second-order valence-electron chi connectivity index (χ2n) is 4.19. The summed E-state index contributed by atoms with van der Waals surface area (Å²) in [6.07, 6.45) is 2.45. The van der Waals surface area contributed by atoms with Crippen LogP contribution in [0.15, 0.2) is 12.2 Å². The molecule has 0 unspecified atom stereocenters. The molecule has 0 saturated carbocycles. The Balaban J connectivity index is 4.48. The zero-order valence-corrected chi connectivity index (χ0v) is 10.7. The fraction of sp³-hybridized carbons (Fsp3) is 0.636. The van der Waals surface area contributed by atoms with Crippen LogP contribution in [-0.2, 0) is 4.74 Å². The SMILES string of the molecule is C/C=C/[C@@H](O)[C@H](C#C[Si](C)(C)C)OC. The van der Waals surface area contributed by atoms with Crippen molar-refractivity contribution in [2.75, 3.05) is 7.11 Å². The van der Waals surface area contributed by atoms with E-state index in [9.17, 15) is 5.11 Å². The summed E-state index contributed by atoms with van der Waals surface area (Å²) in [6.45, 7) is 8.35. The monoisotopic (exact) mass is 212 g/mol. The lowest BCUT2D eigenvalue weighted by Crippen LogP contribution is -2.26. The lowest BCUT2D eigenvalue weighted by atomic mass is 10.2. The molecule has 3 heteroatoms. The van der Waals surface area contributed by atoms with E-state index in [-0.39, 0.29) is 0 Å². The van der Waals surface area contributed by atoms with Crippen molar-refractivity contribution in [1.29, 1.82) is 0 Å². The number of allylic oxidation sites excluding steroid dienone is 1. The fourth-order valence-corrected chi connectivity index (χ4v) is 1.44. The average molecular weight is 212 g/mol. The summed E-state index contributed by atoms with van der Waals surface area (Å²) in [5.41, 5.74) is 3.18. The largest absolute Gasteiger partial charge is 0.385 e. The van der Waals surface area contributed by atoms with Gasteiger partial charge in [-0.15, -0.1) is 5.54 Å². The Morgan fingerprint density at radius 3 is 2.29 bits per heavy atom. The number of hydrogen-bond donors (Lipinski definition) is 1. The summed E-state index contributed by atoms with van der Waals surface area (Å²) in [5, 5.41) is 9.61. The van der Waals surface area contributed by atoms with Gasteiger partial charge >= 0.3 is 0 Å². The summed E-state index contributed by atoms with van der Waals surface area (Å²) in [5.74, 6) is 2.98. The van der Waals surface area contributed by atoms with Gasteiger partial charge in [0.15, 0.2) is 0 Å². The van der Waals surface area contributed by atoms with Crippen molar-refractivity contribution in [2.24, 2.45) is 0 Å². The van der Waals surface area contributed by atoms with Crippen LogP contribution in [0.1, 0.15) is 6.92 Å². The minimum Gasteiger partial charge on any atom is -0.385 e. The van der Waals surface area contributed by atoms with Gasteiger partial charge in [-0.1, -0.05) is 37.7 Å². The molecule has 0 radical (unpaired) electrons. The van der Waals surface area contributed by atoms with Crippen molar-refractivity contribution in [3.8, 4) is 11.5 Å². The molecule has 0 fully saturated rings. The van der Waals surface area contributed by atoms with E-state index < -0.39 is 20.3 Å². The Morgan fingerprint density at radius 1 is 1.36 bits per heavy atom. The number of ether oxygens (including phenoxy) is 1. The highest BCUT2D eigenvalue weighted by molar-refractivity contribution is 6.83. The topological polar surface area (TPSA) is 29.5 Å². The first-order valence-corrected chi connectivity index (χ1v) is 8.27. The summed E-state index contributed by atoms with van der Waals surface area (Å²) in [4.78, 5) is 0. The first-order valence-electron chi connectivity index (χ1n) is 4.77. The highest BCUT2D eigenvalue weighted by Crippen LogP contribution is 2.02. The molecule has 2 nitrogen and oxygen atoms in total. The smallest absolute Gasteiger partial charge is 0.146 e. The summed E-state index contributed by atoms with van der Waals surface area (Å²) < 4.78 is 5.11. The van der Waals surface area contributed by atoms with E-state index in [1.807, 2.05) is 6.92 Å². The van der Waals surface area contributed by atoms with E-state index in [1.165, 1.54) is 0 Å². The maximum atomic E-state index is 9.61. The van der Waals surface area contributed by atoms with E-state index in [0.717, 1.165) is 0 Å². The third-order valence-corrected chi connectivity index (χ3v) is 2.44. The van der Waals surface area contributed by atoms with Crippen LogP contribution in [0.4, 0.5) is 0 Å². The molecule has 14 heavy (non-hydrogen) atoms. The molecule has 0 aliphatic carbocycles. The van der Waals surface area contributed by atoms with Crippen molar-refractivity contribution in [3.05, 3.63) is 12.2 Å². The van der Waals surface area contributed by atoms with Gasteiger partial charge in [-0.2, -0.15) is 0 Å². The quantitative estimate of drug-likeness (QED) is 0.439. The minimum atomic E-state index is -1.38. The van der Waals surface area contributed by atoms with Gasteiger partial charge in [0.05, 0.1) is 0 Å². The molecule has 0 aromatic heterocycles. The predicted molar refractivity (Wildman–Crippen MR) is 62.7 cm³/mol. The average Bonchev–Trinajstić information content (AvgIpc) is 2.03. The van der Waals surface area contributed by atoms with Gasteiger partial charge in [0.2, 0.25) is 0 Å². The number of methoxy groups -OCH3 is 1. The molecule has 2 atom stereocenters. The summed E-state index contributed by atoms with van der Waals surface area (Å²) >= 11 is 0. The number of aliphatic hydroxyl groups excluding tert-OH is 1. The lowest BCUT2D eigenvalue weighted by molar-refractivity contribution is 0.0489. The fourth-order valence-electron chi connectivity index (χ4n) is 0.869. The van der Waals surface area contributed by atoms with Gasteiger partial charge < -0.3 is 9.84 Å². The molecule has 80 valence electrons. The van der Waals surface area contributed by atoms with Crippen molar-refractivity contribution >= 4 is 8.07 Å². The Kier molecular flexibility index (Phi) is 5.78. The zero-order valence-electron chi connectivity index (χ0n) is 9.66. The van der Waals surface area contributed by atoms with Crippen LogP contribution in [0.5, 0.6) is 0 Å². The van der Waals surface area contributed by atoms with Gasteiger partial charge in [0.25, 0.3) is 0 Å².